The average molecular weight is 209 g/mol. The van der Waals surface area contributed by atoms with Gasteiger partial charge in [0.15, 0.2) is 0 Å². The largest absolute Gasteiger partial charge is 0.388 e. The first-order chi connectivity index (χ1) is 6.84. The van der Waals surface area contributed by atoms with E-state index < -0.39 is 0 Å². The fraction of sp³-hybridized carbons (Fsp3) is 0.857. The molecule has 0 fully saturated rings. The second kappa shape index (κ2) is 4.59. The smallest absolute Gasteiger partial charge is 0.0319 e. The molecule has 1 N–H and O–H groups in total. The molecule has 0 spiro atoms. The van der Waals surface area contributed by atoms with Crippen LogP contribution in [0.2, 0.25) is 0 Å². The maximum absolute atomic E-state index is 3.58. The number of nitrogens with one attached hydrogen (secondary N) is 1. The first kappa shape index (κ1) is 12.6. The van der Waals surface area contributed by atoms with Crippen molar-refractivity contribution in [2.24, 2.45) is 23.2 Å². The summed E-state index contributed by atoms with van der Waals surface area (Å²) in [5.74, 6) is 2.23. The van der Waals surface area contributed by atoms with Crippen molar-refractivity contribution >= 4 is 0 Å². The molecule has 0 aromatic heterocycles. The quantitative estimate of drug-likeness (QED) is 0.729. The van der Waals surface area contributed by atoms with Gasteiger partial charge < -0.3 is 5.32 Å². The Kier molecular flexibility index (Phi) is 3.86. The minimum Gasteiger partial charge on any atom is -0.388 e. The van der Waals surface area contributed by atoms with Crippen LogP contribution in [0.5, 0.6) is 0 Å². The third kappa shape index (κ3) is 2.99. The van der Waals surface area contributed by atoms with Crippen LogP contribution in [0.1, 0.15) is 48.0 Å². The van der Waals surface area contributed by atoms with Crippen LogP contribution in [0.4, 0.5) is 0 Å². The van der Waals surface area contributed by atoms with Gasteiger partial charge in [-0.15, -0.1) is 0 Å². The summed E-state index contributed by atoms with van der Waals surface area (Å²) < 4.78 is 0. The van der Waals surface area contributed by atoms with Gasteiger partial charge >= 0.3 is 0 Å². The van der Waals surface area contributed by atoms with Crippen LogP contribution >= 0.6 is 0 Å². The maximum atomic E-state index is 3.58. The predicted octanol–water partition coefficient (Wildman–Crippen LogP) is 3.82. The summed E-state index contributed by atoms with van der Waals surface area (Å²) in [6, 6.07) is 0.634. The average Bonchev–Trinajstić information content (AvgIpc) is 2.15. The van der Waals surface area contributed by atoms with E-state index in [1.807, 2.05) is 0 Å². The Labute approximate surface area is 95.3 Å². The lowest BCUT2D eigenvalue weighted by Gasteiger charge is -2.43. The summed E-state index contributed by atoms with van der Waals surface area (Å²) in [5, 5.41) is 3.58. The predicted molar refractivity (Wildman–Crippen MR) is 67.6 cm³/mol. The van der Waals surface area contributed by atoms with E-state index in [-0.39, 0.29) is 0 Å². The van der Waals surface area contributed by atoms with E-state index in [1.165, 1.54) is 6.42 Å². The van der Waals surface area contributed by atoms with Crippen molar-refractivity contribution in [3.8, 4) is 0 Å². The normalized spacial score (nSPS) is 29.0. The molecule has 1 aliphatic heterocycles. The van der Waals surface area contributed by atoms with Crippen LogP contribution in [0, 0.1) is 23.2 Å². The Hall–Kier alpha value is -0.460. The fourth-order valence-corrected chi connectivity index (χ4v) is 2.48. The Morgan fingerprint density at radius 3 is 2.27 bits per heavy atom. The molecule has 3 atom stereocenters. The molecule has 1 nitrogen and oxygen atoms in total. The van der Waals surface area contributed by atoms with Crippen LogP contribution in [0.25, 0.3) is 0 Å². The van der Waals surface area contributed by atoms with E-state index >= 15 is 0 Å². The highest BCUT2D eigenvalue weighted by Gasteiger charge is 2.36. The van der Waals surface area contributed by atoms with Crippen LogP contribution < -0.4 is 5.32 Å². The molecule has 3 unspecified atom stereocenters. The molecule has 0 saturated heterocycles. The van der Waals surface area contributed by atoms with Gasteiger partial charge in [-0.05, 0) is 35.8 Å². The third-order valence-corrected chi connectivity index (χ3v) is 3.96. The van der Waals surface area contributed by atoms with Gasteiger partial charge in [-0.3, -0.25) is 0 Å². The Bertz CT molecular complexity index is 222. The molecule has 0 radical (unpaired) electrons. The standard InChI is InChI=1S/C14H27N/c1-10(2)11(3)13-12(14(4,5)6)8-7-9-15-13/h7,9-13,15H,8H2,1-6H3. The van der Waals surface area contributed by atoms with E-state index in [1.54, 1.807) is 0 Å². The van der Waals surface area contributed by atoms with Gasteiger partial charge in [0.2, 0.25) is 0 Å². The number of hydrogen-bond acceptors (Lipinski definition) is 1. The van der Waals surface area contributed by atoms with Crippen molar-refractivity contribution in [1.29, 1.82) is 0 Å². The van der Waals surface area contributed by atoms with E-state index in [2.05, 4.69) is 59.1 Å². The third-order valence-electron chi connectivity index (χ3n) is 3.96. The SMILES string of the molecule is CC(C)C(C)C1NC=CCC1C(C)(C)C. The molecule has 1 rings (SSSR count). The molecule has 1 aliphatic rings. The molecule has 0 aromatic carbocycles. The Morgan fingerprint density at radius 2 is 1.80 bits per heavy atom. The van der Waals surface area contributed by atoms with Gasteiger partial charge in [-0.1, -0.05) is 47.6 Å². The number of rotatable bonds is 2. The molecular weight excluding hydrogens is 182 g/mol. The zero-order valence-corrected chi connectivity index (χ0v) is 11.2. The van der Waals surface area contributed by atoms with Crippen LogP contribution in [0.15, 0.2) is 12.3 Å². The van der Waals surface area contributed by atoms with Gasteiger partial charge in [0.25, 0.3) is 0 Å². The van der Waals surface area contributed by atoms with Gasteiger partial charge in [-0.2, -0.15) is 0 Å². The van der Waals surface area contributed by atoms with E-state index in [9.17, 15) is 0 Å². The summed E-state index contributed by atoms with van der Waals surface area (Å²) >= 11 is 0. The zero-order chi connectivity index (χ0) is 11.6. The first-order valence-electron chi connectivity index (χ1n) is 6.25. The second-order valence-corrected chi connectivity index (χ2v) is 6.41. The highest BCUT2D eigenvalue weighted by molar-refractivity contribution is 5.01. The molecule has 0 aromatic rings. The zero-order valence-electron chi connectivity index (χ0n) is 11.2. The van der Waals surface area contributed by atoms with Crippen LogP contribution in [0.3, 0.4) is 0 Å². The van der Waals surface area contributed by atoms with Crippen molar-refractivity contribution in [2.75, 3.05) is 0 Å². The molecule has 0 amide bonds. The van der Waals surface area contributed by atoms with Crippen LogP contribution in [-0.2, 0) is 0 Å². The molecule has 88 valence electrons. The number of hydrogen-bond donors (Lipinski definition) is 1. The van der Waals surface area contributed by atoms with Crippen molar-refractivity contribution in [2.45, 2.75) is 54.0 Å². The minimum atomic E-state index is 0.394. The lowest BCUT2D eigenvalue weighted by Crippen LogP contribution is -2.47. The van der Waals surface area contributed by atoms with E-state index in [0.29, 0.717) is 11.5 Å². The molecule has 1 heterocycles. The molecule has 15 heavy (non-hydrogen) atoms. The van der Waals surface area contributed by atoms with E-state index in [4.69, 9.17) is 0 Å². The Morgan fingerprint density at radius 1 is 1.20 bits per heavy atom. The lowest BCUT2D eigenvalue weighted by molar-refractivity contribution is 0.128. The topological polar surface area (TPSA) is 12.0 Å². The monoisotopic (exact) mass is 209 g/mol. The summed E-state index contributed by atoms with van der Waals surface area (Å²) in [4.78, 5) is 0. The molecule has 0 saturated carbocycles. The molecule has 1 heteroatoms. The summed E-state index contributed by atoms with van der Waals surface area (Å²) in [6.45, 7) is 14.1. The molecular formula is C14H27N. The van der Waals surface area contributed by atoms with Crippen molar-refractivity contribution in [3.05, 3.63) is 12.3 Å². The summed E-state index contributed by atoms with van der Waals surface area (Å²) in [6.07, 6.45) is 5.64. The van der Waals surface area contributed by atoms with Crippen molar-refractivity contribution in [1.82, 2.24) is 5.32 Å². The first-order valence-corrected chi connectivity index (χ1v) is 6.25. The molecule has 0 aliphatic carbocycles. The highest BCUT2D eigenvalue weighted by atomic mass is 14.9. The fourth-order valence-electron chi connectivity index (χ4n) is 2.48. The van der Waals surface area contributed by atoms with Gasteiger partial charge in [0, 0.05) is 6.04 Å². The van der Waals surface area contributed by atoms with E-state index in [0.717, 1.165) is 17.8 Å². The van der Waals surface area contributed by atoms with Crippen molar-refractivity contribution in [3.63, 3.8) is 0 Å². The van der Waals surface area contributed by atoms with Crippen LogP contribution in [-0.4, -0.2) is 6.04 Å². The van der Waals surface area contributed by atoms with Crippen molar-refractivity contribution < 1.29 is 0 Å². The summed E-state index contributed by atoms with van der Waals surface area (Å²) in [7, 11) is 0. The minimum absolute atomic E-state index is 0.394. The van der Waals surface area contributed by atoms with Gasteiger partial charge in [-0.25, -0.2) is 0 Å². The lowest BCUT2D eigenvalue weighted by atomic mass is 9.68. The van der Waals surface area contributed by atoms with Gasteiger partial charge in [0.1, 0.15) is 0 Å². The Balaban J connectivity index is 2.80. The highest BCUT2D eigenvalue weighted by Crippen LogP contribution is 2.37. The maximum Gasteiger partial charge on any atom is 0.0319 e. The number of allylic oxidation sites excluding steroid dienone is 1. The summed E-state index contributed by atoms with van der Waals surface area (Å²) in [5.41, 5.74) is 0.394. The molecule has 0 bridgehead atoms. The van der Waals surface area contributed by atoms with Gasteiger partial charge in [0.05, 0.1) is 0 Å². The second-order valence-electron chi connectivity index (χ2n) is 6.41.